The van der Waals surface area contributed by atoms with Gasteiger partial charge in [-0.15, -0.1) is 11.3 Å². The minimum atomic E-state index is -3.60. The molecular weight excluding hydrogens is 472 g/mol. The van der Waals surface area contributed by atoms with Crippen LogP contribution < -0.4 is 4.72 Å². The normalized spacial score (nSPS) is 22.2. The number of amides is 2. The number of sulfonamides is 1. The van der Waals surface area contributed by atoms with Crippen LogP contribution in [0.15, 0.2) is 17.5 Å². The minimum absolute atomic E-state index is 0.0231. The van der Waals surface area contributed by atoms with E-state index < -0.39 is 21.8 Å². The van der Waals surface area contributed by atoms with Gasteiger partial charge >= 0.3 is 11.8 Å². The molecule has 3 rings (SSSR count). The summed E-state index contributed by atoms with van der Waals surface area (Å²) in [6, 6.07) is 3.52. The summed E-state index contributed by atoms with van der Waals surface area (Å²) in [5.74, 6) is -0.934. The molecule has 0 bridgehead atoms. The Bertz CT molecular complexity index is 947. The molecule has 1 unspecified atom stereocenters. The summed E-state index contributed by atoms with van der Waals surface area (Å²) in [7, 11) is 0.338. The van der Waals surface area contributed by atoms with E-state index in [-0.39, 0.29) is 18.5 Å². The number of likely N-dealkylation sites (tertiary alicyclic amines) is 2. The first-order valence-electron chi connectivity index (χ1n) is 10.8. The van der Waals surface area contributed by atoms with E-state index in [1.54, 1.807) is 21.9 Å². The number of thiophene rings is 1. The largest absolute Gasteiger partial charge is 0.334 e. The predicted octanol–water partition coefficient (Wildman–Crippen LogP) is 2.08. The smallest absolute Gasteiger partial charge is 0.312 e. The van der Waals surface area contributed by atoms with Crippen LogP contribution in [0.3, 0.4) is 0 Å². The quantitative estimate of drug-likeness (QED) is 0.576. The second kappa shape index (κ2) is 11.1. The third-order valence-electron chi connectivity index (χ3n) is 5.80. The molecule has 2 fully saturated rings. The van der Waals surface area contributed by atoms with Crippen LogP contribution in [-0.4, -0.2) is 87.8 Å². The van der Waals surface area contributed by atoms with Gasteiger partial charge in [-0.3, -0.25) is 9.59 Å². The lowest BCUT2D eigenvalue weighted by Crippen LogP contribution is -2.53. The summed E-state index contributed by atoms with van der Waals surface area (Å²) >= 11 is 7.15. The maximum Gasteiger partial charge on any atom is 0.312 e. The molecule has 0 aliphatic carbocycles. The molecular formula is C21H31ClN4O4S2. The zero-order valence-corrected chi connectivity index (χ0v) is 20.9. The maximum atomic E-state index is 12.9. The Labute approximate surface area is 199 Å². The van der Waals surface area contributed by atoms with E-state index in [0.29, 0.717) is 30.4 Å². The summed E-state index contributed by atoms with van der Waals surface area (Å²) in [6.45, 7) is 2.43. The Balaban J connectivity index is 1.50. The van der Waals surface area contributed by atoms with E-state index in [2.05, 4.69) is 4.72 Å². The van der Waals surface area contributed by atoms with Crippen LogP contribution >= 0.6 is 22.9 Å². The highest BCUT2D eigenvalue weighted by atomic mass is 35.5. The summed E-state index contributed by atoms with van der Waals surface area (Å²) in [5.41, 5.74) is 0. The molecule has 32 heavy (non-hydrogen) atoms. The van der Waals surface area contributed by atoms with Crippen LogP contribution in [0.2, 0.25) is 4.34 Å². The lowest BCUT2D eigenvalue weighted by atomic mass is 10.0. The van der Waals surface area contributed by atoms with Gasteiger partial charge in [0.05, 0.1) is 4.34 Å². The summed E-state index contributed by atoms with van der Waals surface area (Å²) < 4.78 is 27.7. The Kier molecular flexibility index (Phi) is 8.74. The van der Waals surface area contributed by atoms with E-state index in [0.717, 1.165) is 36.1 Å². The van der Waals surface area contributed by atoms with Gasteiger partial charge < -0.3 is 14.7 Å². The number of nitrogens with zero attached hydrogens (tertiary/aromatic N) is 3. The van der Waals surface area contributed by atoms with Gasteiger partial charge in [-0.2, -0.15) is 0 Å². The number of likely N-dealkylation sites (N-methyl/N-ethyl adjacent to an activating group) is 1. The average molecular weight is 503 g/mol. The summed E-state index contributed by atoms with van der Waals surface area (Å²) in [5, 5.41) is 1.12. The maximum absolute atomic E-state index is 12.9. The molecule has 2 aliphatic rings. The van der Waals surface area contributed by atoms with Crippen molar-refractivity contribution in [3.05, 3.63) is 26.8 Å². The van der Waals surface area contributed by atoms with Gasteiger partial charge in [0, 0.05) is 49.1 Å². The van der Waals surface area contributed by atoms with E-state index in [1.165, 1.54) is 17.4 Å². The first kappa shape index (κ1) is 25.2. The van der Waals surface area contributed by atoms with Crippen LogP contribution in [0.25, 0.3) is 6.08 Å². The molecule has 2 saturated heterocycles. The van der Waals surface area contributed by atoms with Crippen LogP contribution in [0, 0.1) is 5.92 Å². The van der Waals surface area contributed by atoms with Crippen LogP contribution in [0.4, 0.5) is 0 Å². The fourth-order valence-corrected chi connectivity index (χ4v) is 6.12. The molecule has 1 aromatic heterocycles. The molecule has 0 spiro atoms. The molecule has 11 heteroatoms. The zero-order chi connectivity index (χ0) is 23.3. The number of piperidine rings is 1. The van der Waals surface area contributed by atoms with Gasteiger partial charge in [0.15, 0.2) is 0 Å². The number of carbonyl (C=O) groups is 2. The van der Waals surface area contributed by atoms with Crippen LogP contribution in [-0.2, 0) is 19.6 Å². The number of halogens is 1. The summed E-state index contributed by atoms with van der Waals surface area (Å²) in [6.07, 6.45) is 5.05. The minimum Gasteiger partial charge on any atom is -0.334 e. The van der Waals surface area contributed by atoms with Gasteiger partial charge in [-0.25, -0.2) is 13.1 Å². The van der Waals surface area contributed by atoms with Crippen molar-refractivity contribution in [1.82, 2.24) is 19.4 Å². The molecule has 2 atom stereocenters. The Morgan fingerprint density at radius 1 is 1.22 bits per heavy atom. The van der Waals surface area contributed by atoms with Gasteiger partial charge in [-0.1, -0.05) is 11.6 Å². The Hall–Kier alpha value is -1.46. The number of carbonyl (C=O) groups excluding carboxylic acids is 2. The first-order valence-corrected chi connectivity index (χ1v) is 13.6. The Morgan fingerprint density at radius 2 is 2.00 bits per heavy atom. The van der Waals surface area contributed by atoms with Crippen molar-refractivity contribution in [3.63, 3.8) is 0 Å². The predicted molar refractivity (Wildman–Crippen MR) is 128 cm³/mol. The fraction of sp³-hybridized carbons (Fsp3) is 0.619. The highest BCUT2D eigenvalue weighted by Crippen LogP contribution is 2.23. The van der Waals surface area contributed by atoms with Crippen molar-refractivity contribution in [2.75, 3.05) is 46.8 Å². The Morgan fingerprint density at radius 3 is 2.69 bits per heavy atom. The zero-order valence-electron chi connectivity index (χ0n) is 18.5. The lowest BCUT2D eigenvalue weighted by Gasteiger charge is -2.37. The van der Waals surface area contributed by atoms with E-state index in [4.69, 9.17) is 11.6 Å². The fourth-order valence-electron chi connectivity index (χ4n) is 4.18. The van der Waals surface area contributed by atoms with E-state index >= 15 is 0 Å². The highest BCUT2D eigenvalue weighted by Gasteiger charge is 2.36. The van der Waals surface area contributed by atoms with Crippen molar-refractivity contribution in [3.8, 4) is 0 Å². The first-order chi connectivity index (χ1) is 15.1. The lowest BCUT2D eigenvalue weighted by molar-refractivity contribution is -0.153. The molecule has 2 aliphatic heterocycles. The molecule has 3 heterocycles. The molecule has 178 valence electrons. The number of hydrogen-bond acceptors (Lipinski definition) is 6. The van der Waals surface area contributed by atoms with Gasteiger partial charge in [0.25, 0.3) is 0 Å². The van der Waals surface area contributed by atoms with Crippen molar-refractivity contribution in [2.45, 2.75) is 31.7 Å². The number of nitrogens with one attached hydrogen (secondary N) is 1. The average Bonchev–Trinajstić information content (AvgIpc) is 3.39. The topological polar surface area (TPSA) is 90.0 Å². The number of hydrogen-bond donors (Lipinski definition) is 1. The van der Waals surface area contributed by atoms with Crippen molar-refractivity contribution < 1.29 is 18.0 Å². The van der Waals surface area contributed by atoms with Gasteiger partial charge in [-0.05, 0) is 63.9 Å². The molecule has 1 aromatic rings. The molecule has 0 aromatic carbocycles. The summed E-state index contributed by atoms with van der Waals surface area (Å²) in [4.78, 5) is 31.8. The third kappa shape index (κ3) is 7.02. The number of rotatable bonds is 7. The van der Waals surface area contributed by atoms with E-state index in [9.17, 15) is 18.0 Å². The van der Waals surface area contributed by atoms with Crippen molar-refractivity contribution in [2.24, 2.45) is 5.92 Å². The second-order valence-corrected chi connectivity index (χ2v) is 12.1. The van der Waals surface area contributed by atoms with Gasteiger partial charge in [0.2, 0.25) is 10.0 Å². The van der Waals surface area contributed by atoms with Gasteiger partial charge in [0.1, 0.15) is 0 Å². The standard InChI is InChI=1S/C21H31ClN4O4S2/c1-24(2)15-17-5-3-4-10-26(17)21(28)20(27)25-11-8-16(14-25)13-23-32(29,30)12-9-18-6-7-19(22)31-18/h6-7,9,12,16-17,23H,3-5,8,10-11,13-15H2,1-2H3/b12-9+/t16?,17-/m0/s1. The van der Waals surface area contributed by atoms with Crippen LogP contribution in [0.1, 0.15) is 30.6 Å². The molecule has 0 saturated carbocycles. The molecule has 8 nitrogen and oxygen atoms in total. The molecule has 0 radical (unpaired) electrons. The van der Waals surface area contributed by atoms with Crippen molar-refractivity contribution in [1.29, 1.82) is 0 Å². The monoisotopic (exact) mass is 502 g/mol. The molecule has 1 N–H and O–H groups in total. The molecule has 2 amide bonds. The van der Waals surface area contributed by atoms with Crippen LogP contribution in [0.5, 0.6) is 0 Å². The third-order valence-corrected chi connectivity index (χ3v) is 8.06. The van der Waals surface area contributed by atoms with Crippen molar-refractivity contribution >= 4 is 50.9 Å². The highest BCUT2D eigenvalue weighted by molar-refractivity contribution is 7.92. The SMILES string of the molecule is CN(C)C[C@@H]1CCCCN1C(=O)C(=O)N1CCC(CNS(=O)(=O)/C=C/c2ccc(Cl)s2)C1. The van der Waals surface area contributed by atoms with E-state index in [1.807, 2.05) is 19.0 Å². The second-order valence-electron chi connectivity index (χ2n) is 8.65.